The molecular weight excluding hydrogens is 515 g/mol. The summed E-state index contributed by atoms with van der Waals surface area (Å²) < 4.78 is 0. The zero-order chi connectivity index (χ0) is 22.1. The van der Waals surface area contributed by atoms with E-state index >= 15 is 0 Å². The predicted molar refractivity (Wildman–Crippen MR) is 142 cm³/mol. The SMILES string of the molecule is CCNC(=NCc1ccc(CN2CCN(C)CC2)cc1)N1CCC(CC(=O)NC)CC1.I. The van der Waals surface area contributed by atoms with Crippen LogP contribution < -0.4 is 10.6 Å². The molecule has 0 aromatic heterocycles. The molecule has 0 bridgehead atoms. The van der Waals surface area contributed by atoms with Crippen LogP contribution in [-0.4, -0.2) is 86.5 Å². The van der Waals surface area contributed by atoms with E-state index in [9.17, 15) is 4.79 Å². The molecule has 7 nitrogen and oxygen atoms in total. The number of carbonyl (C=O) groups excluding carboxylic acids is 1. The van der Waals surface area contributed by atoms with Crippen molar-refractivity contribution in [3.63, 3.8) is 0 Å². The average molecular weight is 557 g/mol. The number of piperazine rings is 1. The number of amides is 1. The number of piperidine rings is 1. The Morgan fingerprint density at radius 2 is 1.66 bits per heavy atom. The van der Waals surface area contributed by atoms with Gasteiger partial charge in [0.1, 0.15) is 0 Å². The summed E-state index contributed by atoms with van der Waals surface area (Å²) in [6.07, 6.45) is 2.72. The van der Waals surface area contributed by atoms with E-state index in [2.05, 4.69) is 63.6 Å². The van der Waals surface area contributed by atoms with E-state index in [1.54, 1.807) is 7.05 Å². The zero-order valence-corrected chi connectivity index (χ0v) is 22.3. The first-order chi connectivity index (χ1) is 15.1. The van der Waals surface area contributed by atoms with Crippen LogP contribution in [0.1, 0.15) is 37.3 Å². The Labute approximate surface area is 211 Å². The van der Waals surface area contributed by atoms with Crippen LogP contribution in [0.5, 0.6) is 0 Å². The van der Waals surface area contributed by atoms with E-state index in [-0.39, 0.29) is 29.9 Å². The summed E-state index contributed by atoms with van der Waals surface area (Å²) in [6.45, 7) is 11.2. The first-order valence-electron chi connectivity index (χ1n) is 11.8. The summed E-state index contributed by atoms with van der Waals surface area (Å²) in [5, 5.41) is 6.18. The third-order valence-electron chi connectivity index (χ3n) is 6.44. The number of halogens is 1. The maximum absolute atomic E-state index is 11.6. The summed E-state index contributed by atoms with van der Waals surface area (Å²) in [5.41, 5.74) is 2.62. The molecule has 180 valence electrons. The Hall–Kier alpha value is -1.39. The summed E-state index contributed by atoms with van der Waals surface area (Å²) in [5.74, 6) is 1.62. The van der Waals surface area contributed by atoms with Crippen LogP contribution >= 0.6 is 24.0 Å². The topological polar surface area (TPSA) is 63.2 Å². The van der Waals surface area contributed by atoms with Crippen molar-refractivity contribution in [2.24, 2.45) is 10.9 Å². The second kappa shape index (κ2) is 14.0. The maximum atomic E-state index is 11.6. The average Bonchev–Trinajstić information content (AvgIpc) is 2.79. The second-order valence-electron chi connectivity index (χ2n) is 8.87. The molecule has 32 heavy (non-hydrogen) atoms. The number of hydrogen-bond acceptors (Lipinski definition) is 4. The lowest BCUT2D eigenvalue weighted by Crippen LogP contribution is -2.46. The molecule has 0 atom stereocenters. The van der Waals surface area contributed by atoms with Crippen LogP contribution in [0, 0.1) is 5.92 Å². The molecule has 2 aliphatic heterocycles. The lowest BCUT2D eigenvalue weighted by Gasteiger charge is -2.34. The van der Waals surface area contributed by atoms with Crippen molar-refractivity contribution >= 4 is 35.8 Å². The lowest BCUT2D eigenvalue weighted by molar-refractivity contribution is -0.121. The van der Waals surface area contributed by atoms with E-state index in [1.165, 1.54) is 11.1 Å². The molecule has 8 heteroatoms. The van der Waals surface area contributed by atoms with Crippen molar-refractivity contribution in [3.8, 4) is 0 Å². The number of likely N-dealkylation sites (tertiary alicyclic amines) is 1. The smallest absolute Gasteiger partial charge is 0.220 e. The van der Waals surface area contributed by atoms with E-state index in [4.69, 9.17) is 4.99 Å². The van der Waals surface area contributed by atoms with Gasteiger partial charge in [-0.2, -0.15) is 0 Å². The monoisotopic (exact) mass is 556 g/mol. The van der Waals surface area contributed by atoms with E-state index < -0.39 is 0 Å². The zero-order valence-electron chi connectivity index (χ0n) is 20.0. The summed E-state index contributed by atoms with van der Waals surface area (Å²) in [6, 6.07) is 8.93. The molecule has 1 amide bonds. The number of hydrogen-bond donors (Lipinski definition) is 2. The quantitative estimate of drug-likeness (QED) is 0.307. The van der Waals surface area contributed by atoms with Gasteiger partial charge in [0.2, 0.25) is 5.91 Å². The fraction of sp³-hybridized carbons (Fsp3) is 0.667. The Balaban J connectivity index is 0.00000363. The molecular formula is C24H41IN6O. The Morgan fingerprint density at radius 3 is 2.25 bits per heavy atom. The molecule has 2 aliphatic rings. The van der Waals surface area contributed by atoms with Crippen LogP contribution in [0.15, 0.2) is 29.3 Å². The maximum Gasteiger partial charge on any atom is 0.220 e. The number of nitrogens with zero attached hydrogens (tertiary/aromatic N) is 4. The number of nitrogens with one attached hydrogen (secondary N) is 2. The van der Waals surface area contributed by atoms with Crippen molar-refractivity contribution in [1.29, 1.82) is 0 Å². The third-order valence-corrected chi connectivity index (χ3v) is 6.44. The third kappa shape index (κ3) is 8.51. The number of benzene rings is 1. The first kappa shape index (κ1) is 26.9. The van der Waals surface area contributed by atoms with Gasteiger partial charge in [-0.05, 0) is 43.9 Å². The van der Waals surface area contributed by atoms with Crippen molar-refractivity contribution in [2.75, 3.05) is 59.9 Å². The minimum atomic E-state index is 0. The van der Waals surface area contributed by atoms with Gasteiger partial charge in [0, 0.05) is 65.8 Å². The fourth-order valence-electron chi connectivity index (χ4n) is 4.32. The summed E-state index contributed by atoms with van der Waals surface area (Å²) in [4.78, 5) is 23.8. The largest absolute Gasteiger partial charge is 0.359 e. The molecule has 0 aliphatic carbocycles. The minimum Gasteiger partial charge on any atom is -0.359 e. The number of rotatable bonds is 7. The van der Waals surface area contributed by atoms with Crippen molar-refractivity contribution in [1.82, 2.24) is 25.3 Å². The normalized spacial score (nSPS) is 18.8. The lowest BCUT2D eigenvalue weighted by atomic mass is 9.93. The van der Waals surface area contributed by atoms with Gasteiger partial charge in [0.25, 0.3) is 0 Å². The van der Waals surface area contributed by atoms with Crippen molar-refractivity contribution in [3.05, 3.63) is 35.4 Å². The van der Waals surface area contributed by atoms with Crippen LogP contribution in [0.25, 0.3) is 0 Å². The van der Waals surface area contributed by atoms with Gasteiger partial charge < -0.3 is 20.4 Å². The van der Waals surface area contributed by atoms with Gasteiger partial charge in [-0.1, -0.05) is 24.3 Å². The standard InChI is InChI=1S/C24H40N6O.HI/c1-4-26-24(30-11-9-20(10-12-30)17-23(31)25-2)27-18-21-5-7-22(8-6-21)19-29-15-13-28(3)14-16-29;/h5-8,20H,4,9-19H2,1-3H3,(H,25,31)(H,26,27);1H. The number of aliphatic imine (C=N–C) groups is 1. The molecule has 0 radical (unpaired) electrons. The van der Waals surface area contributed by atoms with Crippen LogP contribution in [0.2, 0.25) is 0 Å². The molecule has 1 aromatic rings. The number of likely N-dealkylation sites (N-methyl/N-ethyl adjacent to an activating group) is 1. The summed E-state index contributed by atoms with van der Waals surface area (Å²) >= 11 is 0. The van der Waals surface area contributed by atoms with Crippen molar-refractivity contribution < 1.29 is 4.79 Å². The van der Waals surface area contributed by atoms with E-state index in [0.29, 0.717) is 18.9 Å². The van der Waals surface area contributed by atoms with Gasteiger partial charge in [-0.15, -0.1) is 24.0 Å². The van der Waals surface area contributed by atoms with Crippen LogP contribution in [0.4, 0.5) is 0 Å². The highest BCUT2D eigenvalue weighted by Crippen LogP contribution is 2.20. The number of guanidine groups is 1. The van der Waals surface area contributed by atoms with Gasteiger partial charge in [-0.3, -0.25) is 9.69 Å². The molecule has 2 fully saturated rings. The predicted octanol–water partition coefficient (Wildman–Crippen LogP) is 2.37. The number of carbonyl (C=O) groups is 1. The Kier molecular flexibility index (Phi) is 11.7. The molecule has 0 saturated carbocycles. The highest BCUT2D eigenvalue weighted by atomic mass is 127. The molecule has 0 unspecified atom stereocenters. The highest BCUT2D eigenvalue weighted by molar-refractivity contribution is 14.0. The fourth-order valence-corrected chi connectivity index (χ4v) is 4.32. The van der Waals surface area contributed by atoms with Crippen molar-refractivity contribution in [2.45, 2.75) is 39.3 Å². The van der Waals surface area contributed by atoms with Gasteiger partial charge in [-0.25, -0.2) is 4.99 Å². The molecule has 2 heterocycles. The molecule has 2 N–H and O–H groups in total. The van der Waals surface area contributed by atoms with Gasteiger partial charge in [0.15, 0.2) is 5.96 Å². The second-order valence-corrected chi connectivity index (χ2v) is 8.87. The highest BCUT2D eigenvalue weighted by Gasteiger charge is 2.23. The molecule has 1 aromatic carbocycles. The van der Waals surface area contributed by atoms with Crippen LogP contribution in [0.3, 0.4) is 0 Å². The summed E-state index contributed by atoms with van der Waals surface area (Å²) in [7, 11) is 3.91. The Bertz CT molecular complexity index is 710. The van der Waals surface area contributed by atoms with Gasteiger partial charge >= 0.3 is 0 Å². The molecule has 2 saturated heterocycles. The first-order valence-corrected chi connectivity index (χ1v) is 11.8. The minimum absolute atomic E-state index is 0. The van der Waals surface area contributed by atoms with E-state index in [0.717, 1.165) is 71.2 Å². The van der Waals surface area contributed by atoms with E-state index in [1.807, 2.05) is 0 Å². The van der Waals surface area contributed by atoms with Crippen LogP contribution in [-0.2, 0) is 17.9 Å². The van der Waals surface area contributed by atoms with Gasteiger partial charge in [0.05, 0.1) is 6.54 Å². The molecule has 3 rings (SSSR count). The molecule has 0 spiro atoms. The Morgan fingerprint density at radius 1 is 1.03 bits per heavy atom.